The molecule has 5 nitrogen and oxygen atoms in total. The van der Waals surface area contributed by atoms with Gasteiger partial charge in [0.25, 0.3) is 0 Å². The van der Waals surface area contributed by atoms with Crippen LogP contribution in [-0.4, -0.2) is 44.2 Å². The van der Waals surface area contributed by atoms with E-state index < -0.39 is 0 Å². The second-order valence-corrected chi connectivity index (χ2v) is 7.71. The number of aliphatic imine (C=N–C) groups is 1. The van der Waals surface area contributed by atoms with E-state index in [4.69, 9.17) is 19.2 Å². The molecule has 1 aromatic rings. The van der Waals surface area contributed by atoms with Crippen LogP contribution in [-0.2, 0) is 27.1 Å². The highest BCUT2D eigenvalue weighted by Gasteiger charge is 2.42. The summed E-state index contributed by atoms with van der Waals surface area (Å²) in [6.45, 7) is 6.23. The molecule has 0 aromatic carbocycles. The van der Waals surface area contributed by atoms with Crippen molar-refractivity contribution in [3.8, 4) is 0 Å². The molecule has 1 fully saturated rings. The highest BCUT2D eigenvalue weighted by atomic mass is 16.5. The molecule has 0 aliphatic carbocycles. The van der Waals surface area contributed by atoms with Gasteiger partial charge in [0, 0.05) is 29.8 Å². The Balaban J connectivity index is 1.57. The minimum absolute atomic E-state index is 0.346. The fourth-order valence-corrected chi connectivity index (χ4v) is 3.84. The van der Waals surface area contributed by atoms with E-state index in [9.17, 15) is 0 Å². The molecule has 1 aromatic heterocycles. The Morgan fingerprint density at radius 3 is 2.56 bits per heavy atom. The molecule has 0 amide bonds. The first-order chi connectivity index (χ1) is 13.1. The second-order valence-electron chi connectivity index (χ2n) is 7.71. The molecule has 0 N–H and O–H groups in total. The standard InChI is InChI=1S/C22H32N2O3/c1-5-22(2)15-27-20(22)12-10-17-8-6-7-16(24-17)9-11-18-21(26-4)19(25-3)13-14-23-18/h6-8,20H,5,9-15H2,1-4H3. The maximum atomic E-state index is 5.79. The van der Waals surface area contributed by atoms with Crippen molar-refractivity contribution in [3.05, 3.63) is 41.1 Å². The zero-order chi connectivity index (χ0) is 19.3. The quantitative estimate of drug-likeness (QED) is 0.654. The van der Waals surface area contributed by atoms with E-state index in [0.29, 0.717) is 11.5 Å². The fourth-order valence-electron chi connectivity index (χ4n) is 3.84. The van der Waals surface area contributed by atoms with Gasteiger partial charge in [-0.15, -0.1) is 0 Å². The van der Waals surface area contributed by atoms with Crippen LogP contribution in [0.25, 0.3) is 0 Å². The molecule has 0 saturated carbocycles. The van der Waals surface area contributed by atoms with E-state index in [2.05, 4.69) is 37.0 Å². The maximum Gasteiger partial charge on any atom is 0.177 e. The van der Waals surface area contributed by atoms with Crippen LogP contribution >= 0.6 is 0 Å². The monoisotopic (exact) mass is 372 g/mol. The number of hydrogen-bond acceptors (Lipinski definition) is 5. The molecule has 148 valence electrons. The predicted octanol–water partition coefficient (Wildman–Crippen LogP) is 4.11. The van der Waals surface area contributed by atoms with Crippen LogP contribution in [0, 0.1) is 5.41 Å². The molecule has 2 atom stereocenters. The third-order valence-electron chi connectivity index (χ3n) is 5.95. The van der Waals surface area contributed by atoms with E-state index >= 15 is 0 Å². The van der Waals surface area contributed by atoms with Crippen molar-refractivity contribution in [1.82, 2.24) is 4.98 Å². The number of ether oxygens (including phenoxy) is 3. The van der Waals surface area contributed by atoms with Gasteiger partial charge in [-0.2, -0.15) is 0 Å². The molecule has 3 rings (SSSR count). The number of aryl methyl sites for hydroxylation is 2. The van der Waals surface area contributed by atoms with E-state index in [1.807, 2.05) is 0 Å². The highest BCUT2D eigenvalue weighted by Crippen LogP contribution is 2.39. The number of nitrogens with zero attached hydrogens (tertiary/aromatic N) is 2. The summed E-state index contributed by atoms with van der Waals surface area (Å²) in [7, 11) is 3.37. The molecule has 0 spiro atoms. The largest absolute Gasteiger partial charge is 0.497 e. The van der Waals surface area contributed by atoms with Gasteiger partial charge < -0.3 is 14.2 Å². The first kappa shape index (κ1) is 19.9. The van der Waals surface area contributed by atoms with Crippen LogP contribution in [0.15, 0.2) is 34.7 Å². The summed E-state index contributed by atoms with van der Waals surface area (Å²) in [5.41, 5.74) is 3.57. The molecule has 27 heavy (non-hydrogen) atoms. The molecule has 0 bridgehead atoms. The van der Waals surface area contributed by atoms with Crippen molar-refractivity contribution in [2.75, 3.05) is 27.4 Å². The van der Waals surface area contributed by atoms with Crippen molar-refractivity contribution in [3.63, 3.8) is 0 Å². The zero-order valence-corrected chi connectivity index (χ0v) is 17.1. The van der Waals surface area contributed by atoms with Crippen LogP contribution in [0.5, 0.6) is 0 Å². The third-order valence-corrected chi connectivity index (χ3v) is 5.95. The lowest BCUT2D eigenvalue weighted by Crippen LogP contribution is -2.49. The number of allylic oxidation sites excluding steroid dienone is 1. The summed E-state index contributed by atoms with van der Waals surface area (Å²) < 4.78 is 16.7. The number of dihydropyridines is 1. The normalized spacial score (nSPS) is 25.0. The second kappa shape index (κ2) is 8.87. The molecular formula is C22H32N2O3. The van der Waals surface area contributed by atoms with Crippen molar-refractivity contribution < 1.29 is 14.2 Å². The van der Waals surface area contributed by atoms with E-state index in [0.717, 1.165) is 73.9 Å². The predicted molar refractivity (Wildman–Crippen MR) is 107 cm³/mol. The van der Waals surface area contributed by atoms with E-state index in [-0.39, 0.29) is 0 Å². The Labute approximate surface area is 162 Å². The average Bonchev–Trinajstić information content (AvgIpc) is 2.70. The van der Waals surface area contributed by atoms with Crippen molar-refractivity contribution in [2.24, 2.45) is 10.4 Å². The van der Waals surface area contributed by atoms with Crippen LogP contribution in [0.2, 0.25) is 0 Å². The molecule has 1 saturated heterocycles. The minimum Gasteiger partial charge on any atom is -0.497 e. The van der Waals surface area contributed by atoms with Gasteiger partial charge >= 0.3 is 0 Å². The lowest BCUT2D eigenvalue weighted by Gasteiger charge is -2.46. The lowest BCUT2D eigenvalue weighted by molar-refractivity contribution is -0.181. The first-order valence-corrected chi connectivity index (χ1v) is 10.0. The van der Waals surface area contributed by atoms with Gasteiger partial charge in [0.1, 0.15) is 5.76 Å². The van der Waals surface area contributed by atoms with Crippen LogP contribution < -0.4 is 0 Å². The summed E-state index contributed by atoms with van der Waals surface area (Å²) in [4.78, 5) is 9.48. The van der Waals surface area contributed by atoms with Gasteiger partial charge in [-0.05, 0) is 44.2 Å². The molecule has 2 aliphatic heterocycles. The molecule has 5 heteroatoms. The Bertz CT molecular complexity index is 709. The van der Waals surface area contributed by atoms with Crippen LogP contribution in [0.3, 0.4) is 0 Å². The van der Waals surface area contributed by atoms with E-state index in [1.54, 1.807) is 14.2 Å². The van der Waals surface area contributed by atoms with Gasteiger partial charge in [0.05, 0.1) is 32.6 Å². The van der Waals surface area contributed by atoms with Gasteiger partial charge in [-0.1, -0.05) is 19.9 Å². The number of aromatic nitrogens is 1. The summed E-state index contributed by atoms with van der Waals surface area (Å²) in [6, 6.07) is 6.32. The topological polar surface area (TPSA) is 52.9 Å². The van der Waals surface area contributed by atoms with Gasteiger partial charge in [0.2, 0.25) is 0 Å². The number of rotatable bonds is 9. The summed E-state index contributed by atoms with van der Waals surface area (Å²) in [6.07, 6.45) is 6.01. The summed E-state index contributed by atoms with van der Waals surface area (Å²) >= 11 is 0. The smallest absolute Gasteiger partial charge is 0.177 e. The fraction of sp³-hybridized carbons (Fsp3) is 0.636. The molecular weight excluding hydrogens is 340 g/mol. The molecule has 3 heterocycles. The summed E-state index contributed by atoms with van der Waals surface area (Å²) in [5.74, 6) is 1.68. The number of methoxy groups -OCH3 is 2. The number of hydrogen-bond donors (Lipinski definition) is 0. The van der Waals surface area contributed by atoms with Gasteiger partial charge in [0.15, 0.2) is 5.76 Å². The SMILES string of the molecule is CCC1(C)COC1CCc1cccc(CCC2=NCCC(OC)=C2OC)n1. The number of pyridine rings is 1. The maximum absolute atomic E-state index is 5.79. The van der Waals surface area contributed by atoms with Crippen molar-refractivity contribution >= 4 is 5.71 Å². The van der Waals surface area contributed by atoms with E-state index in [1.165, 1.54) is 6.42 Å². The Hall–Kier alpha value is -1.88. The lowest BCUT2D eigenvalue weighted by atomic mass is 9.76. The van der Waals surface area contributed by atoms with Gasteiger partial charge in [-0.25, -0.2) is 0 Å². The van der Waals surface area contributed by atoms with Crippen molar-refractivity contribution in [1.29, 1.82) is 0 Å². The molecule has 2 unspecified atom stereocenters. The van der Waals surface area contributed by atoms with Crippen molar-refractivity contribution in [2.45, 2.75) is 58.5 Å². The van der Waals surface area contributed by atoms with Crippen LogP contribution in [0.4, 0.5) is 0 Å². The minimum atomic E-state index is 0.346. The summed E-state index contributed by atoms with van der Waals surface area (Å²) in [5, 5.41) is 0. The zero-order valence-electron chi connectivity index (χ0n) is 17.1. The third kappa shape index (κ3) is 4.52. The first-order valence-electron chi connectivity index (χ1n) is 10.0. The Morgan fingerprint density at radius 1 is 1.15 bits per heavy atom. The Kier molecular flexibility index (Phi) is 6.53. The molecule has 2 aliphatic rings. The van der Waals surface area contributed by atoms with Gasteiger partial charge in [-0.3, -0.25) is 9.98 Å². The average molecular weight is 373 g/mol. The molecule has 0 radical (unpaired) electrons. The Morgan fingerprint density at radius 2 is 1.93 bits per heavy atom. The highest BCUT2D eigenvalue weighted by molar-refractivity contribution is 5.99. The van der Waals surface area contributed by atoms with Crippen LogP contribution in [0.1, 0.15) is 50.9 Å².